The lowest BCUT2D eigenvalue weighted by atomic mass is 10.2. The molecular weight excluding hydrogens is 154 g/mol. The molecule has 3 nitrogen and oxygen atoms in total. The number of hydrogen-bond acceptors (Lipinski definition) is 3. The molecule has 12 heavy (non-hydrogen) atoms. The summed E-state index contributed by atoms with van der Waals surface area (Å²) in [5, 5.41) is 0. The molecule has 0 aliphatic carbocycles. The van der Waals surface area contributed by atoms with Crippen molar-refractivity contribution in [3.05, 3.63) is 29.6 Å². The van der Waals surface area contributed by atoms with Gasteiger partial charge in [0.05, 0.1) is 12.2 Å². The Labute approximate surface area is 71.4 Å². The monoisotopic (exact) mass is 165 g/mol. The Hall–Kier alpha value is -1.38. The van der Waals surface area contributed by atoms with E-state index >= 15 is 0 Å². The molecule has 0 N–H and O–H groups in total. The van der Waals surface area contributed by atoms with Crippen molar-refractivity contribution in [3.63, 3.8) is 0 Å². The molecular formula is C9H11NO2. The van der Waals surface area contributed by atoms with Crippen LogP contribution in [0.25, 0.3) is 0 Å². The lowest BCUT2D eigenvalue weighted by Crippen LogP contribution is -2.04. The topological polar surface area (TPSA) is 39.2 Å². The lowest BCUT2D eigenvalue weighted by Gasteiger charge is -2.00. The highest BCUT2D eigenvalue weighted by molar-refractivity contribution is 5.89. The van der Waals surface area contributed by atoms with Gasteiger partial charge in [-0.15, -0.1) is 0 Å². The van der Waals surface area contributed by atoms with E-state index in [2.05, 4.69) is 4.98 Å². The van der Waals surface area contributed by atoms with E-state index in [1.54, 1.807) is 25.3 Å². The Morgan fingerprint density at radius 1 is 1.67 bits per heavy atom. The van der Waals surface area contributed by atoms with Crippen LogP contribution in [0.3, 0.4) is 0 Å². The Bertz CT molecular complexity index is 284. The number of carbonyl (C=O) groups is 1. The molecule has 0 aromatic carbocycles. The summed E-state index contributed by atoms with van der Waals surface area (Å²) < 4.78 is 4.82. The fraction of sp³-hybridized carbons (Fsp3) is 0.333. The number of rotatable bonds is 2. The fourth-order valence-electron chi connectivity index (χ4n) is 0.887. The van der Waals surface area contributed by atoms with Crippen LogP contribution in [0.1, 0.15) is 23.0 Å². The average molecular weight is 165 g/mol. The molecule has 1 heterocycles. The highest BCUT2D eigenvalue weighted by Gasteiger charge is 2.04. The lowest BCUT2D eigenvalue weighted by molar-refractivity contribution is 0.0526. The second kappa shape index (κ2) is 3.85. The van der Waals surface area contributed by atoms with Crippen LogP contribution >= 0.6 is 0 Å². The normalized spacial score (nSPS) is 9.50. The van der Waals surface area contributed by atoms with Crippen LogP contribution in [0, 0.1) is 6.92 Å². The van der Waals surface area contributed by atoms with Crippen LogP contribution in [0.2, 0.25) is 0 Å². The molecule has 0 radical (unpaired) electrons. The van der Waals surface area contributed by atoms with Gasteiger partial charge in [0, 0.05) is 11.9 Å². The smallest absolute Gasteiger partial charge is 0.338 e. The zero-order valence-electron chi connectivity index (χ0n) is 7.20. The zero-order chi connectivity index (χ0) is 8.97. The van der Waals surface area contributed by atoms with Crippen LogP contribution in [-0.4, -0.2) is 17.6 Å². The summed E-state index contributed by atoms with van der Waals surface area (Å²) in [5.74, 6) is -0.289. The highest BCUT2D eigenvalue weighted by atomic mass is 16.5. The number of nitrogens with zero attached hydrogens (tertiary/aromatic N) is 1. The van der Waals surface area contributed by atoms with Crippen LogP contribution in [0.15, 0.2) is 18.3 Å². The van der Waals surface area contributed by atoms with Crippen LogP contribution in [0.5, 0.6) is 0 Å². The van der Waals surface area contributed by atoms with E-state index in [-0.39, 0.29) is 5.97 Å². The zero-order valence-corrected chi connectivity index (χ0v) is 7.20. The van der Waals surface area contributed by atoms with Gasteiger partial charge in [0.1, 0.15) is 0 Å². The van der Waals surface area contributed by atoms with E-state index < -0.39 is 0 Å². The van der Waals surface area contributed by atoms with Crippen molar-refractivity contribution in [1.29, 1.82) is 0 Å². The molecule has 0 saturated heterocycles. The first-order valence-electron chi connectivity index (χ1n) is 3.84. The maximum absolute atomic E-state index is 11.1. The molecule has 0 unspecified atom stereocenters. The van der Waals surface area contributed by atoms with E-state index in [4.69, 9.17) is 4.74 Å². The van der Waals surface area contributed by atoms with E-state index in [1.165, 1.54) is 0 Å². The molecule has 0 atom stereocenters. The summed E-state index contributed by atoms with van der Waals surface area (Å²) >= 11 is 0. The third-order valence-electron chi connectivity index (χ3n) is 1.41. The van der Waals surface area contributed by atoms with Crippen molar-refractivity contribution in [2.45, 2.75) is 13.8 Å². The van der Waals surface area contributed by atoms with Crippen molar-refractivity contribution in [2.75, 3.05) is 6.61 Å². The van der Waals surface area contributed by atoms with Gasteiger partial charge in [0.15, 0.2) is 0 Å². The minimum absolute atomic E-state index is 0.289. The largest absolute Gasteiger partial charge is 0.462 e. The Kier molecular flexibility index (Phi) is 2.80. The molecule has 0 saturated carbocycles. The summed E-state index contributed by atoms with van der Waals surface area (Å²) in [6, 6.07) is 3.35. The average Bonchev–Trinajstić information content (AvgIpc) is 2.05. The van der Waals surface area contributed by atoms with Crippen molar-refractivity contribution in [1.82, 2.24) is 4.98 Å². The van der Waals surface area contributed by atoms with Gasteiger partial charge in [-0.2, -0.15) is 0 Å². The van der Waals surface area contributed by atoms with Crippen molar-refractivity contribution >= 4 is 5.97 Å². The highest BCUT2D eigenvalue weighted by Crippen LogP contribution is 2.02. The molecule has 0 amide bonds. The van der Waals surface area contributed by atoms with Gasteiger partial charge in [-0.3, -0.25) is 4.98 Å². The second-order valence-electron chi connectivity index (χ2n) is 2.41. The van der Waals surface area contributed by atoms with Crippen LogP contribution < -0.4 is 0 Å². The molecule has 3 heteroatoms. The third-order valence-corrected chi connectivity index (χ3v) is 1.41. The summed E-state index contributed by atoms with van der Waals surface area (Å²) in [4.78, 5) is 15.1. The predicted octanol–water partition coefficient (Wildman–Crippen LogP) is 1.57. The predicted molar refractivity (Wildman–Crippen MR) is 44.9 cm³/mol. The molecule has 0 fully saturated rings. The number of hydrogen-bond donors (Lipinski definition) is 0. The van der Waals surface area contributed by atoms with E-state index in [1.807, 2.05) is 6.92 Å². The molecule has 0 spiro atoms. The maximum Gasteiger partial charge on any atom is 0.338 e. The minimum atomic E-state index is -0.289. The van der Waals surface area contributed by atoms with Crippen molar-refractivity contribution in [3.8, 4) is 0 Å². The maximum atomic E-state index is 11.1. The first-order valence-corrected chi connectivity index (χ1v) is 3.84. The van der Waals surface area contributed by atoms with Gasteiger partial charge < -0.3 is 4.74 Å². The molecule has 0 bridgehead atoms. The van der Waals surface area contributed by atoms with Gasteiger partial charge in [-0.1, -0.05) is 0 Å². The van der Waals surface area contributed by atoms with Crippen LogP contribution in [-0.2, 0) is 4.74 Å². The summed E-state index contributed by atoms with van der Waals surface area (Å²) in [6.07, 6.45) is 1.60. The first-order chi connectivity index (χ1) is 5.74. The molecule has 0 aliphatic rings. The number of aryl methyl sites for hydroxylation is 1. The molecule has 1 aromatic rings. The third kappa shape index (κ3) is 2.05. The number of carbonyl (C=O) groups excluding carboxylic acids is 1. The standard InChI is InChI=1S/C9H11NO2/c1-3-12-9(11)8-4-5-10-7(2)6-8/h4-6H,3H2,1-2H3. The number of esters is 1. The van der Waals surface area contributed by atoms with Gasteiger partial charge in [0.2, 0.25) is 0 Å². The van der Waals surface area contributed by atoms with Crippen molar-refractivity contribution < 1.29 is 9.53 Å². The quantitative estimate of drug-likeness (QED) is 0.624. The Morgan fingerprint density at radius 3 is 3.00 bits per heavy atom. The summed E-state index contributed by atoms with van der Waals surface area (Å²) in [7, 11) is 0. The second-order valence-corrected chi connectivity index (χ2v) is 2.41. The summed E-state index contributed by atoms with van der Waals surface area (Å²) in [6.45, 7) is 4.02. The summed E-state index contributed by atoms with van der Waals surface area (Å²) in [5.41, 5.74) is 1.38. The first kappa shape index (κ1) is 8.71. The molecule has 64 valence electrons. The molecule has 1 aromatic heterocycles. The fourth-order valence-corrected chi connectivity index (χ4v) is 0.887. The van der Waals surface area contributed by atoms with Gasteiger partial charge in [-0.05, 0) is 26.0 Å². The molecule has 0 aliphatic heterocycles. The van der Waals surface area contributed by atoms with E-state index in [9.17, 15) is 4.79 Å². The molecule has 1 rings (SSSR count). The number of pyridine rings is 1. The van der Waals surface area contributed by atoms with Gasteiger partial charge >= 0.3 is 5.97 Å². The van der Waals surface area contributed by atoms with Gasteiger partial charge in [0.25, 0.3) is 0 Å². The van der Waals surface area contributed by atoms with E-state index in [0.29, 0.717) is 12.2 Å². The Morgan fingerprint density at radius 2 is 2.42 bits per heavy atom. The van der Waals surface area contributed by atoms with E-state index in [0.717, 1.165) is 5.69 Å². The van der Waals surface area contributed by atoms with Gasteiger partial charge in [-0.25, -0.2) is 4.79 Å². The number of ether oxygens (including phenoxy) is 1. The number of aromatic nitrogens is 1. The SMILES string of the molecule is CCOC(=O)c1ccnc(C)c1. The van der Waals surface area contributed by atoms with Crippen molar-refractivity contribution in [2.24, 2.45) is 0 Å². The minimum Gasteiger partial charge on any atom is -0.462 e. The Balaban J connectivity index is 2.81. The van der Waals surface area contributed by atoms with Crippen LogP contribution in [0.4, 0.5) is 0 Å².